The molecule has 0 unspecified atom stereocenters. The summed E-state index contributed by atoms with van der Waals surface area (Å²) in [7, 11) is 0. The molecular formula is C27H30N4O4S. The number of primary amides is 1. The van der Waals surface area contributed by atoms with Crippen LogP contribution in [0.4, 0.5) is 0 Å². The van der Waals surface area contributed by atoms with Crippen molar-refractivity contribution in [2.45, 2.75) is 32.1 Å². The highest BCUT2D eigenvalue weighted by molar-refractivity contribution is 7.09. The van der Waals surface area contributed by atoms with Gasteiger partial charge >= 0.3 is 0 Å². The number of pyridine rings is 1. The lowest BCUT2D eigenvalue weighted by Gasteiger charge is -2.32. The number of hydrogen-bond acceptors (Lipinski definition) is 6. The zero-order valence-corrected chi connectivity index (χ0v) is 21.1. The number of aryl methyl sites for hydroxylation is 1. The van der Waals surface area contributed by atoms with Gasteiger partial charge in [-0.3, -0.25) is 19.4 Å². The van der Waals surface area contributed by atoms with E-state index in [9.17, 15) is 14.4 Å². The molecule has 188 valence electrons. The van der Waals surface area contributed by atoms with E-state index in [2.05, 4.69) is 11.4 Å². The van der Waals surface area contributed by atoms with Gasteiger partial charge in [-0.25, -0.2) is 0 Å². The molecule has 1 fully saturated rings. The van der Waals surface area contributed by atoms with Crippen molar-refractivity contribution in [3.05, 3.63) is 81.3 Å². The van der Waals surface area contributed by atoms with E-state index < -0.39 is 5.91 Å². The van der Waals surface area contributed by atoms with Gasteiger partial charge in [0.25, 0.3) is 17.7 Å². The van der Waals surface area contributed by atoms with Crippen LogP contribution < -0.4 is 15.8 Å². The van der Waals surface area contributed by atoms with E-state index in [4.69, 9.17) is 15.5 Å². The number of aromatic nitrogens is 1. The monoisotopic (exact) mass is 506 g/mol. The molecule has 1 aliphatic rings. The number of rotatable bonds is 9. The first-order valence-electron chi connectivity index (χ1n) is 12.0. The third kappa shape index (κ3) is 6.28. The van der Waals surface area contributed by atoms with Gasteiger partial charge in [-0.1, -0.05) is 18.2 Å². The number of nitrogens with zero attached hydrogens (tertiary/aromatic N) is 2. The summed E-state index contributed by atoms with van der Waals surface area (Å²) >= 11 is 1.68. The topological polar surface area (TPSA) is 115 Å². The Bertz CT molecular complexity index is 1220. The SMILES string of the molecule is Cc1ccc(C(=O)NCCc2cccs2)c(C2CCN(C(=O)COc3ccccc3C(N)=O)CC2)n1. The molecule has 2 aromatic heterocycles. The smallest absolute Gasteiger partial charge is 0.260 e. The lowest BCUT2D eigenvalue weighted by molar-refractivity contribution is -0.134. The van der Waals surface area contributed by atoms with E-state index in [0.29, 0.717) is 43.8 Å². The molecule has 0 aliphatic carbocycles. The number of carbonyl (C=O) groups excluding carboxylic acids is 3. The molecule has 36 heavy (non-hydrogen) atoms. The number of para-hydroxylation sites is 1. The predicted octanol–water partition coefficient (Wildman–Crippen LogP) is 3.31. The van der Waals surface area contributed by atoms with Crippen LogP contribution in [-0.2, 0) is 11.2 Å². The number of thiophene rings is 1. The standard InChI is InChI=1S/C27H30N4O4S/c1-18-8-9-22(27(34)29-13-10-20-5-4-16-36-20)25(30-18)19-11-14-31(15-12-19)24(32)17-35-23-7-3-2-6-21(23)26(28)33/h2-9,16,19H,10-15,17H2,1H3,(H2,28,33)(H,29,34). The Balaban J connectivity index is 1.33. The fraction of sp³-hybridized carbons (Fsp3) is 0.333. The van der Waals surface area contributed by atoms with Gasteiger partial charge in [0.2, 0.25) is 0 Å². The first kappa shape index (κ1) is 25.4. The van der Waals surface area contributed by atoms with Crippen LogP contribution in [-0.4, -0.2) is 53.8 Å². The molecule has 0 bridgehead atoms. The van der Waals surface area contributed by atoms with Gasteiger partial charge in [-0.05, 0) is 61.9 Å². The van der Waals surface area contributed by atoms with E-state index >= 15 is 0 Å². The Labute approximate surface area is 214 Å². The van der Waals surface area contributed by atoms with Gasteiger partial charge < -0.3 is 20.7 Å². The Morgan fingerprint density at radius 3 is 2.58 bits per heavy atom. The normalized spacial score (nSPS) is 13.9. The Kier molecular flexibility index (Phi) is 8.32. The summed E-state index contributed by atoms with van der Waals surface area (Å²) in [4.78, 5) is 45.0. The number of nitrogens with one attached hydrogen (secondary N) is 1. The molecule has 8 nitrogen and oxygen atoms in total. The number of hydrogen-bond donors (Lipinski definition) is 2. The molecule has 4 rings (SSSR count). The fourth-order valence-corrected chi connectivity index (χ4v) is 5.07. The van der Waals surface area contributed by atoms with E-state index in [-0.39, 0.29) is 29.9 Å². The van der Waals surface area contributed by atoms with Crippen LogP contribution in [0.3, 0.4) is 0 Å². The molecule has 1 saturated heterocycles. The third-order valence-corrected chi connectivity index (χ3v) is 7.22. The summed E-state index contributed by atoms with van der Waals surface area (Å²) in [6.45, 7) is 3.40. The highest BCUT2D eigenvalue weighted by Crippen LogP contribution is 2.30. The molecule has 0 spiro atoms. The van der Waals surface area contributed by atoms with Gasteiger partial charge in [-0.2, -0.15) is 0 Å². The average molecular weight is 507 g/mol. The number of ether oxygens (including phenoxy) is 1. The van der Waals surface area contributed by atoms with E-state index in [1.54, 1.807) is 40.5 Å². The Hall–Kier alpha value is -3.72. The summed E-state index contributed by atoms with van der Waals surface area (Å²) in [6.07, 6.45) is 2.20. The molecule has 9 heteroatoms. The van der Waals surface area contributed by atoms with Gasteiger partial charge in [0.15, 0.2) is 6.61 Å². The number of benzene rings is 1. The van der Waals surface area contributed by atoms with Crippen molar-refractivity contribution in [1.29, 1.82) is 0 Å². The zero-order chi connectivity index (χ0) is 25.5. The summed E-state index contributed by atoms with van der Waals surface area (Å²) < 4.78 is 5.60. The third-order valence-electron chi connectivity index (χ3n) is 6.28. The molecule has 3 aromatic rings. The fourth-order valence-electron chi connectivity index (χ4n) is 4.36. The molecule has 0 saturated carbocycles. The summed E-state index contributed by atoms with van der Waals surface area (Å²) in [5.41, 5.74) is 7.88. The number of nitrogens with two attached hydrogens (primary N) is 1. The largest absolute Gasteiger partial charge is 0.483 e. The minimum absolute atomic E-state index is 0.0866. The van der Waals surface area contributed by atoms with Crippen LogP contribution in [0.25, 0.3) is 0 Å². The van der Waals surface area contributed by atoms with Crippen LogP contribution >= 0.6 is 11.3 Å². The van der Waals surface area contributed by atoms with Gasteiger partial charge in [-0.15, -0.1) is 11.3 Å². The van der Waals surface area contributed by atoms with Gasteiger partial charge in [0.1, 0.15) is 5.75 Å². The van der Waals surface area contributed by atoms with Crippen LogP contribution in [0.1, 0.15) is 55.7 Å². The van der Waals surface area contributed by atoms with Crippen molar-refractivity contribution >= 4 is 29.1 Å². The van der Waals surface area contributed by atoms with E-state index in [1.807, 2.05) is 30.5 Å². The molecular weight excluding hydrogens is 476 g/mol. The second kappa shape index (κ2) is 11.8. The first-order chi connectivity index (χ1) is 17.4. The first-order valence-corrected chi connectivity index (χ1v) is 12.9. The maximum atomic E-state index is 13.0. The molecule has 0 atom stereocenters. The molecule has 1 aromatic carbocycles. The number of likely N-dealkylation sites (tertiary alicyclic amines) is 1. The molecule has 0 radical (unpaired) electrons. The second-order valence-corrected chi connectivity index (χ2v) is 9.81. The van der Waals surface area contributed by atoms with Crippen LogP contribution in [0.15, 0.2) is 53.9 Å². The van der Waals surface area contributed by atoms with E-state index in [0.717, 1.165) is 17.8 Å². The van der Waals surface area contributed by atoms with Crippen LogP contribution in [0, 0.1) is 6.92 Å². The molecule has 3 heterocycles. The van der Waals surface area contributed by atoms with Crippen molar-refractivity contribution in [1.82, 2.24) is 15.2 Å². The maximum absolute atomic E-state index is 13.0. The van der Waals surface area contributed by atoms with Crippen molar-refractivity contribution in [2.75, 3.05) is 26.2 Å². The second-order valence-electron chi connectivity index (χ2n) is 8.77. The minimum atomic E-state index is -0.601. The van der Waals surface area contributed by atoms with Crippen molar-refractivity contribution in [2.24, 2.45) is 5.73 Å². The Morgan fingerprint density at radius 1 is 1.08 bits per heavy atom. The molecule has 3 amide bonds. The maximum Gasteiger partial charge on any atom is 0.260 e. The Morgan fingerprint density at radius 2 is 1.86 bits per heavy atom. The number of carbonyl (C=O) groups is 3. The average Bonchev–Trinajstić information content (AvgIpc) is 3.41. The van der Waals surface area contributed by atoms with Crippen LogP contribution in [0.5, 0.6) is 5.75 Å². The van der Waals surface area contributed by atoms with Gasteiger partial charge in [0, 0.05) is 36.1 Å². The summed E-state index contributed by atoms with van der Waals surface area (Å²) in [5, 5.41) is 5.05. The number of amides is 3. The van der Waals surface area contributed by atoms with E-state index in [1.165, 1.54) is 4.88 Å². The quantitative estimate of drug-likeness (QED) is 0.462. The van der Waals surface area contributed by atoms with Crippen LogP contribution in [0.2, 0.25) is 0 Å². The molecule has 1 aliphatic heterocycles. The zero-order valence-electron chi connectivity index (χ0n) is 20.2. The van der Waals surface area contributed by atoms with Gasteiger partial charge in [0.05, 0.1) is 16.8 Å². The summed E-state index contributed by atoms with van der Waals surface area (Å²) in [5.74, 6) is -0.489. The number of piperidine rings is 1. The van der Waals surface area contributed by atoms with Crippen molar-refractivity contribution < 1.29 is 19.1 Å². The highest BCUT2D eigenvalue weighted by Gasteiger charge is 2.28. The molecule has 3 N–H and O–H groups in total. The minimum Gasteiger partial charge on any atom is -0.483 e. The van der Waals surface area contributed by atoms with Crippen molar-refractivity contribution in [3.8, 4) is 5.75 Å². The highest BCUT2D eigenvalue weighted by atomic mass is 32.1. The predicted molar refractivity (Wildman–Crippen MR) is 138 cm³/mol. The summed E-state index contributed by atoms with van der Waals surface area (Å²) in [6, 6.07) is 14.4. The van der Waals surface area contributed by atoms with Crippen molar-refractivity contribution in [3.63, 3.8) is 0 Å². The lowest BCUT2D eigenvalue weighted by Crippen LogP contribution is -2.41. The lowest BCUT2D eigenvalue weighted by atomic mass is 9.89.